The molecule has 26 valence electrons. The molecule has 0 unspecified atom stereocenters. The van der Waals surface area contributed by atoms with Crippen molar-refractivity contribution in [1.29, 1.82) is 0 Å². The van der Waals surface area contributed by atoms with Crippen LogP contribution < -0.4 is 0 Å². The van der Waals surface area contributed by atoms with Gasteiger partial charge in [0, 0.05) is 0 Å². The Kier molecular flexibility index (Phi) is 76.1. The molecular weight excluding hydrogens is 148 g/mol. The molecule has 0 atom stereocenters. The van der Waals surface area contributed by atoms with E-state index in [-0.39, 0.29) is 0 Å². The molecule has 0 aliphatic carbocycles. The average Bonchev–Trinajstić information content (AvgIpc) is 1.50. The largest absolute Gasteiger partial charge is 0.179 e. The first kappa shape index (κ1) is 8.90. The van der Waals surface area contributed by atoms with Gasteiger partial charge >= 0.3 is 22.3 Å². The zero-order valence-electron chi connectivity index (χ0n) is 2.79. The molecule has 0 aliphatic rings. The van der Waals surface area contributed by atoms with Crippen LogP contribution in [0.1, 0.15) is 0 Å². The van der Waals surface area contributed by atoms with Gasteiger partial charge in [0.1, 0.15) is 9.55 Å². The fourth-order valence-corrected chi connectivity index (χ4v) is 0. The fraction of sp³-hybridized carbons (Fsp3) is 1.00. The Morgan fingerprint density at radius 3 is 1.50 bits per heavy atom. The second kappa shape index (κ2) is 34.2. The van der Waals surface area contributed by atoms with E-state index in [0.29, 0.717) is 0 Å². The van der Waals surface area contributed by atoms with Crippen LogP contribution in [0.15, 0.2) is 0 Å². The maximum atomic E-state index is 4.67. The van der Waals surface area contributed by atoms with E-state index in [1.807, 2.05) is 0 Å². The summed E-state index contributed by atoms with van der Waals surface area (Å²) in [6.45, 7) is 0. The van der Waals surface area contributed by atoms with Crippen molar-refractivity contribution in [2.45, 2.75) is 5.76 Å². The van der Waals surface area contributed by atoms with Crippen molar-refractivity contribution in [3.63, 3.8) is 0 Å². The monoisotopic (exact) mass is 156 g/mol. The van der Waals surface area contributed by atoms with E-state index in [9.17, 15) is 0 Å². The van der Waals surface area contributed by atoms with Gasteiger partial charge in [-0.15, -0.1) is 0 Å². The third-order valence-corrected chi connectivity index (χ3v) is 0. The Hall–Kier alpha value is 1.05. The van der Waals surface area contributed by atoms with Crippen molar-refractivity contribution in [3.05, 3.63) is 0 Å². The van der Waals surface area contributed by atoms with E-state index in [2.05, 4.69) is 16.8 Å². The third-order valence-electron chi connectivity index (χ3n) is 0. The van der Waals surface area contributed by atoms with Crippen molar-refractivity contribution in [1.82, 2.24) is 0 Å². The summed E-state index contributed by atoms with van der Waals surface area (Å²) >= 11 is 6.04. The topological polar surface area (TPSA) is 0 Å². The van der Waals surface area contributed by atoms with Crippen LogP contribution in [-0.4, -0.2) is 26.1 Å². The minimum Gasteiger partial charge on any atom is -0.179 e. The van der Waals surface area contributed by atoms with Gasteiger partial charge in [-0.05, 0) is 0 Å². The molecule has 0 saturated heterocycles. The summed E-state index contributed by atoms with van der Waals surface area (Å²) in [5, 5.41) is 0. The summed E-state index contributed by atoms with van der Waals surface area (Å²) in [6, 6.07) is 0. The summed E-state index contributed by atoms with van der Waals surface area (Å²) in [5.41, 5.74) is 0. The summed E-state index contributed by atoms with van der Waals surface area (Å²) in [4.78, 5) is 0. The molecule has 0 aliphatic heterocycles. The van der Waals surface area contributed by atoms with Crippen LogP contribution >= 0.6 is 11.1 Å². The van der Waals surface area contributed by atoms with Crippen molar-refractivity contribution in [2.75, 3.05) is 0 Å². The van der Waals surface area contributed by atoms with Gasteiger partial charge in [0.25, 0.3) is 0 Å². The smallest absolute Gasteiger partial charge is 0.128 e. The Bertz CT molecular complexity index is 8.00. The van der Waals surface area contributed by atoms with Gasteiger partial charge in [0.05, 0.1) is 0 Å². The number of halogens is 1. The molecule has 0 aromatic heterocycles. The first-order chi connectivity index (χ1) is 2.00. The molecule has 0 N–H and O–H groups in total. The molecule has 2 radical (unpaired) electrons. The second-order valence-electron chi connectivity index (χ2n) is 0. The summed E-state index contributed by atoms with van der Waals surface area (Å²) in [6.07, 6.45) is 0. The zero-order chi connectivity index (χ0) is 4.00. The SMILES string of the molecule is [CH3][GeH2].[SiH2]Cl. The molecule has 0 nitrogen and oxygen atoms in total. The molecule has 3 heteroatoms. The number of rotatable bonds is 0. The Morgan fingerprint density at radius 1 is 1.50 bits per heavy atom. The van der Waals surface area contributed by atoms with Gasteiger partial charge in [-0.3, -0.25) is 0 Å². The van der Waals surface area contributed by atoms with E-state index in [0.717, 1.165) is 0 Å². The van der Waals surface area contributed by atoms with Gasteiger partial charge in [0.2, 0.25) is 0 Å². The van der Waals surface area contributed by atoms with Crippen LogP contribution in [0.4, 0.5) is 0 Å². The molecule has 0 heterocycles. The summed E-state index contributed by atoms with van der Waals surface area (Å²) in [5.74, 6) is 2.12. The molecule has 0 rings (SSSR count). The molecule has 0 spiro atoms. The Balaban J connectivity index is 0. The third kappa shape index (κ3) is 11.6. The van der Waals surface area contributed by atoms with E-state index in [1.54, 1.807) is 0 Å². The molecule has 4 heavy (non-hydrogen) atoms. The van der Waals surface area contributed by atoms with Gasteiger partial charge in [-0.25, -0.2) is 0 Å². The van der Waals surface area contributed by atoms with Crippen LogP contribution in [0.25, 0.3) is 0 Å². The first-order valence-electron chi connectivity index (χ1n) is 0.974. The van der Waals surface area contributed by atoms with E-state index in [1.165, 1.54) is 26.1 Å². The van der Waals surface area contributed by atoms with Crippen molar-refractivity contribution < 1.29 is 0 Å². The predicted molar refractivity (Wildman–Crippen MR) is 28.8 cm³/mol. The molecule has 0 saturated carbocycles. The fourth-order valence-electron chi connectivity index (χ4n) is 0. The van der Waals surface area contributed by atoms with Gasteiger partial charge in [-0.2, -0.15) is 11.1 Å². The normalized spacial score (nSPS) is 3.00. The Morgan fingerprint density at radius 2 is 1.50 bits per heavy atom. The maximum Gasteiger partial charge on any atom is 0.128 e. The molecule has 0 fully saturated rings. The summed E-state index contributed by atoms with van der Waals surface area (Å²) < 4.78 is 0. The van der Waals surface area contributed by atoms with Crippen molar-refractivity contribution in [3.8, 4) is 0 Å². The van der Waals surface area contributed by atoms with Gasteiger partial charge in [-0.1, -0.05) is 0 Å². The quantitative estimate of drug-likeness (QED) is 0.325. The van der Waals surface area contributed by atoms with Crippen LogP contribution in [0.2, 0.25) is 5.76 Å². The van der Waals surface area contributed by atoms with Crippen LogP contribution in [0.5, 0.6) is 0 Å². The molecule has 0 bridgehead atoms. The maximum absolute atomic E-state index is 4.67. The van der Waals surface area contributed by atoms with Gasteiger partial charge in [0.15, 0.2) is 0 Å². The molecular formula is CH7ClGeSi. The second-order valence-corrected chi connectivity index (χ2v) is 0. The predicted octanol–water partition coefficient (Wildman–Crippen LogP) is -0.559. The number of hydrogen-bond donors (Lipinski definition) is 0. The van der Waals surface area contributed by atoms with Crippen LogP contribution in [0.3, 0.4) is 0 Å². The molecule has 0 aromatic carbocycles. The molecule has 0 amide bonds. The minimum absolute atomic E-state index is 1.33. The number of hydrogen-bond acceptors (Lipinski definition) is 0. The van der Waals surface area contributed by atoms with Crippen molar-refractivity contribution >= 4 is 37.1 Å². The van der Waals surface area contributed by atoms with Crippen molar-refractivity contribution in [2.24, 2.45) is 0 Å². The molecule has 0 aromatic rings. The van der Waals surface area contributed by atoms with Gasteiger partial charge < -0.3 is 0 Å². The van der Waals surface area contributed by atoms with Crippen LogP contribution in [0, 0.1) is 0 Å². The summed E-state index contributed by atoms with van der Waals surface area (Å²) in [7, 11) is 1.33. The van der Waals surface area contributed by atoms with E-state index < -0.39 is 0 Å². The standard InChI is InChI=1S/CH5Ge.ClH2Si/c2*1-2/h2H2,1H3;2H2. The minimum atomic E-state index is 1.33. The first-order valence-corrected chi connectivity index (χ1v) is 6.08. The Labute approximate surface area is 43.3 Å². The average molecular weight is 155 g/mol. The van der Waals surface area contributed by atoms with Crippen LogP contribution in [-0.2, 0) is 0 Å². The zero-order valence-corrected chi connectivity index (χ0v) is 7.93. The van der Waals surface area contributed by atoms with E-state index >= 15 is 0 Å². The van der Waals surface area contributed by atoms with E-state index in [4.69, 9.17) is 0 Å².